The summed E-state index contributed by atoms with van der Waals surface area (Å²) in [5.74, 6) is 0.487. The predicted molar refractivity (Wildman–Crippen MR) is 72.1 cm³/mol. The Morgan fingerprint density at radius 2 is 2.00 bits per heavy atom. The number of carbonyl (C=O) groups is 2. The molecule has 0 spiro atoms. The van der Waals surface area contributed by atoms with Crippen LogP contribution in [0.1, 0.15) is 53.4 Å². The molecule has 1 aliphatic heterocycles. The van der Waals surface area contributed by atoms with Gasteiger partial charge in [0.25, 0.3) is 0 Å². The zero-order valence-corrected chi connectivity index (χ0v) is 12.1. The highest BCUT2D eigenvalue weighted by Gasteiger charge is 2.41. The molecule has 18 heavy (non-hydrogen) atoms. The molecule has 2 amide bonds. The Morgan fingerprint density at radius 1 is 1.33 bits per heavy atom. The minimum atomic E-state index is -0.713. The summed E-state index contributed by atoms with van der Waals surface area (Å²) in [4.78, 5) is 25.6. The van der Waals surface area contributed by atoms with E-state index in [0.29, 0.717) is 12.5 Å². The smallest absolute Gasteiger partial charge is 0.245 e. The molecule has 104 valence electrons. The van der Waals surface area contributed by atoms with Gasteiger partial charge in [-0.05, 0) is 26.2 Å². The highest BCUT2D eigenvalue weighted by molar-refractivity contribution is 5.97. The zero-order chi connectivity index (χ0) is 13.8. The quantitative estimate of drug-likeness (QED) is 0.787. The largest absolute Gasteiger partial charge is 0.345 e. The third kappa shape index (κ3) is 3.24. The minimum Gasteiger partial charge on any atom is -0.345 e. The first kappa shape index (κ1) is 15.0. The number of amides is 2. The third-order valence-corrected chi connectivity index (χ3v) is 3.92. The maximum absolute atomic E-state index is 12.0. The van der Waals surface area contributed by atoms with Crippen LogP contribution in [0.5, 0.6) is 0 Å². The molecule has 4 nitrogen and oxygen atoms in total. The molecule has 1 heterocycles. The molecule has 0 aliphatic carbocycles. The number of rotatable bonds is 6. The van der Waals surface area contributed by atoms with Crippen LogP contribution in [0, 0.1) is 5.92 Å². The van der Waals surface area contributed by atoms with Gasteiger partial charge in [0.15, 0.2) is 0 Å². The first-order valence-corrected chi connectivity index (χ1v) is 7.02. The molecule has 0 aromatic carbocycles. The molecule has 1 rings (SSSR count). The lowest BCUT2D eigenvalue weighted by molar-refractivity contribution is -0.152. The molecule has 1 atom stereocenters. The normalized spacial score (nSPS) is 20.8. The fraction of sp³-hybridized carbons (Fsp3) is 0.857. The molecule has 0 bridgehead atoms. The van der Waals surface area contributed by atoms with Crippen molar-refractivity contribution >= 4 is 11.8 Å². The molecule has 1 N–H and O–H groups in total. The number of nitrogens with zero attached hydrogens (tertiary/aromatic N) is 1. The summed E-state index contributed by atoms with van der Waals surface area (Å²) in [6, 6.07) is 0. The average molecular weight is 254 g/mol. The van der Waals surface area contributed by atoms with Crippen LogP contribution in [0.4, 0.5) is 0 Å². The number of unbranched alkanes of at least 4 members (excludes halogenated alkanes) is 1. The van der Waals surface area contributed by atoms with E-state index in [1.165, 1.54) is 12.8 Å². The molecular weight excluding hydrogens is 228 g/mol. The van der Waals surface area contributed by atoms with Crippen LogP contribution in [0.25, 0.3) is 0 Å². The van der Waals surface area contributed by atoms with Gasteiger partial charge in [0.2, 0.25) is 11.8 Å². The van der Waals surface area contributed by atoms with Gasteiger partial charge < -0.3 is 10.2 Å². The number of piperazine rings is 1. The van der Waals surface area contributed by atoms with Crippen molar-refractivity contribution in [3.8, 4) is 0 Å². The van der Waals surface area contributed by atoms with E-state index in [-0.39, 0.29) is 18.4 Å². The first-order chi connectivity index (χ1) is 8.43. The van der Waals surface area contributed by atoms with Gasteiger partial charge in [-0.15, -0.1) is 0 Å². The Balaban J connectivity index is 2.71. The topological polar surface area (TPSA) is 49.4 Å². The van der Waals surface area contributed by atoms with Crippen molar-refractivity contribution in [1.29, 1.82) is 0 Å². The fourth-order valence-electron chi connectivity index (χ4n) is 2.41. The summed E-state index contributed by atoms with van der Waals surface area (Å²) in [5, 5.41) is 2.66. The van der Waals surface area contributed by atoms with Crippen molar-refractivity contribution < 1.29 is 9.59 Å². The summed E-state index contributed by atoms with van der Waals surface area (Å²) in [7, 11) is 0. The molecular formula is C14H26N2O2. The van der Waals surface area contributed by atoms with Crippen LogP contribution in [-0.4, -0.2) is 35.3 Å². The number of carbonyl (C=O) groups excluding carboxylic acids is 2. The van der Waals surface area contributed by atoms with E-state index >= 15 is 0 Å². The van der Waals surface area contributed by atoms with E-state index in [4.69, 9.17) is 0 Å². The second kappa shape index (κ2) is 6.21. The number of hydrogen-bond acceptors (Lipinski definition) is 2. The van der Waals surface area contributed by atoms with Gasteiger partial charge in [-0.3, -0.25) is 9.59 Å². The first-order valence-electron chi connectivity index (χ1n) is 7.02. The van der Waals surface area contributed by atoms with Crippen LogP contribution < -0.4 is 5.32 Å². The fourth-order valence-corrected chi connectivity index (χ4v) is 2.41. The van der Waals surface area contributed by atoms with Gasteiger partial charge in [-0.2, -0.15) is 0 Å². The van der Waals surface area contributed by atoms with Crippen molar-refractivity contribution in [3.63, 3.8) is 0 Å². The lowest BCUT2D eigenvalue weighted by atomic mass is 9.93. The minimum absolute atomic E-state index is 0.0366. The summed E-state index contributed by atoms with van der Waals surface area (Å²) < 4.78 is 0. The van der Waals surface area contributed by atoms with Gasteiger partial charge in [-0.25, -0.2) is 0 Å². The van der Waals surface area contributed by atoms with Crippen molar-refractivity contribution in [2.75, 3.05) is 13.1 Å². The van der Waals surface area contributed by atoms with Gasteiger partial charge in [0.05, 0.1) is 6.54 Å². The summed E-state index contributed by atoms with van der Waals surface area (Å²) in [5.41, 5.74) is -0.713. The van der Waals surface area contributed by atoms with Crippen LogP contribution >= 0.6 is 0 Å². The summed E-state index contributed by atoms with van der Waals surface area (Å²) in [6.45, 7) is 8.83. The second-order valence-corrected chi connectivity index (χ2v) is 5.66. The van der Waals surface area contributed by atoms with Crippen molar-refractivity contribution in [1.82, 2.24) is 10.2 Å². The Kier molecular flexibility index (Phi) is 5.17. The van der Waals surface area contributed by atoms with E-state index < -0.39 is 5.54 Å². The van der Waals surface area contributed by atoms with Crippen LogP contribution in [0.15, 0.2) is 0 Å². The summed E-state index contributed by atoms with van der Waals surface area (Å²) in [6.07, 6.45) is 4.55. The lowest BCUT2D eigenvalue weighted by Gasteiger charge is -2.42. The molecule has 4 heteroatoms. The van der Waals surface area contributed by atoms with Crippen molar-refractivity contribution in [2.24, 2.45) is 5.92 Å². The van der Waals surface area contributed by atoms with Gasteiger partial charge in [0.1, 0.15) is 5.54 Å². The molecule has 1 aliphatic rings. The Morgan fingerprint density at radius 3 is 2.56 bits per heavy atom. The molecule has 1 fully saturated rings. The highest BCUT2D eigenvalue weighted by atomic mass is 16.2. The third-order valence-electron chi connectivity index (χ3n) is 3.92. The van der Waals surface area contributed by atoms with Gasteiger partial charge in [0, 0.05) is 6.54 Å². The Labute approximate surface area is 110 Å². The monoisotopic (exact) mass is 254 g/mol. The number of nitrogens with one attached hydrogen (secondary N) is 1. The van der Waals surface area contributed by atoms with Gasteiger partial charge >= 0.3 is 0 Å². The molecule has 0 saturated carbocycles. The van der Waals surface area contributed by atoms with Crippen molar-refractivity contribution in [3.05, 3.63) is 0 Å². The van der Waals surface area contributed by atoms with Gasteiger partial charge in [-0.1, -0.05) is 33.1 Å². The van der Waals surface area contributed by atoms with Crippen molar-refractivity contribution in [2.45, 2.75) is 58.9 Å². The Bertz CT molecular complexity index is 313. The lowest BCUT2D eigenvalue weighted by Crippen LogP contribution is -2.65. The SMILES string of the molecule is CCCCC(CC)CN1C(=O)CNC(=O)C1(C)C. The maximum Gasteiger partial charge on any atom is 0.245 e. The van der Waals surface area contributed by atoms with Crippen LogP contribution in [0.2, 0.25) is 0 Å². The van der Waals surface area contributed by atoms with E-state index in [1.807, 2.05) is 13.8 Å². The molecule has 0 aromatic heterocycles. The zero-order valence-electron chi connectivity index (χ0n) is 12.1. The number of hydrogen-bond donors (Lipinski definition) is 1. The van der Waals surface area contributed by atoms with Crippen LogP contribution in [0.3, 0.4) is 0 Å². The van der Waals surface area contributed by atoms with E-state index in [9.17, 15) is 9.59 Å². The standard InChI is InChI=1S/C14H26N2O2/c1-5-7-8-11(6-2)10-16-12(17)9-15-13(18)14(16,3)4/h11H,5-10H2,1-4H3,(H,15,18). The average Bonchev–Trinajstić information content (AvgIpc) is 2.34. The maximum atomic E-state index is 12.0. The highest BCUT2D eigenvalue weighted by Crippen LogP contribution is 2.23. The molecule has 1 unspecified atom stereocenters. The van der Waals surface area contributed by atoms with E-state index in [1.54, 1.807) is 4.90 Å². The van der Waals surface area contributed by atoms with E-state index in [0.717, 1.165) is 12.8 Å². The van der Waals surface area contributed by atoms with E-state index in [2.05, 4.69) is 19.2 Å². The molecule has 0 aromatic rings. The summed E-state index contributed by atoms with van der Waals surface area (Å²) >= 11 is 0. The second-order valence-electron chi connectivity index (χ2n) is 5.66. The van der Waals surface area contributed by atoms with Crippen LogP contribution in [-0.2, 0) is 9.59 Å². The molecule has 1 saturated heterocycles. The Hall–Kier alpha value is -1.06. The molecule has 0 radical (unpaired) electrons. The predicted octanol–water partition coefficient (Wildman–Crippen LogP) is 1.94.